The van der Waals surface area contributed by atoms with Crippen molar-refractivity contribution >= 4 is 66.9 Å². The lowest BCUT2D eigenvalue weighted by Crippen LogP contribution is -2.49. The Morgan fingerprint density at radius 1 is 0.892 bits per heavy atom. The zero-order chi connectivity index (χ0) is 25.4. The predicted molar refractivity (Wildman–Crippen MR) is 167 cm³/mol. The van der Waals surface area contributed by atoms with E-state index >= 15 is 0 Å². The van der Waals surface area contributed by atoms with Gasteiger partial charge in [-0.2, -0.15) is 0 Å². The first-order valence-corrected chi connectivity index (χ1v) is 14.3. The van der Waals surface area contributed by atoms with E-state index in [9.17, 15) is 0 Å². The summed E-state index contributed by atoms with van der Waals surface area (Å²) in [6.07, 6.45) is 4.48. The van der Waals surface area contributed by atoms with Crippen LogP contribution in [0.3, 0.4) is 0 Å². The van der Waals surface area contributed by atoms with Crippen LogP contribution in [0.1, 0.15) is 6.92 Å². The second-order valence-corrected chi connectivity index (χ2v) is 11.6. The summed E-state index contributed by atoms with van der Waals surface area (Å²) in [6.45, 7) is 3.09. The molecule has 0 fully saturated rings. The normalized spacial score (nSPS) is 17.1. The molecule has 37 heavy (non-hydrogen) atoms. The Kier molecular flexibility index (Phi) is 6.38. The van der Waals surface area contributed by atoms with Crippen LogP contribution in [0.15, 0.2) is 115 Å². The van der Waals surface area contributed by atoms with Gasteiger partial charge in [-0.05, 0) is 90.2 Å². The third kappa shape index (κ3) is 4.28. The topological polar surface area (TPSA) is 22.6 Å². The van der Waals surface area contributed by atoms with E-state index in [-0.39, 0.29) is 0 Å². The van der Waals surface area contributed by atoms with Gasteiger partial charge in [-0.1, -0.05) is 48.5 Å². The number of alkyl halides is 1. The third-order valence-electron chi connectivity index (χ3n) is 6.74. The Morgan fingerprint density at radius 2 is 1.59 bits per heavy atom. The van der Waals surface area contributed by atoms with E-state index in [0.29, 0.717) is 0 Å². The molecule has 0 saturated carbocycles. The number of hydrogen-bond acceptors (Lipinski definition) is 5. The number of rotatable bonds is 6. The van der Waals surface area contributed by atoms with Gasteiger partial charge in [0.05, 0.1) is 21.6 Å². The average molecular weight is 615 g/mol. The van der Waals surface area contributed by atoms with Crippen LogP contribution in [0.4, 0.5) is 22.7 Å². The van der Waals surface area contributed by atoms with Crippen LogP contribution in [0.2, 0.25) is 0 Å². The van der Waals surface area contributed by atoms with Gasteiger partial charge in [0.1, 0.15) is 5.01 Å². The van der Waals surface area contributed by atoms with Gasteiger partial charge in [0.25, 0.3) is 0 Å². The van der Waals surface area contributed by atoms with Crippen LogP contribution in [0.5, 0.6) is 0 Å². The largest absolute Gasteiger partial charge is 0.351 e. The van der Waals surface area contributed by atoms with E-state index in [4.69, 9.17) is 4.98 Å². The number of aromatic nitrogens is 1. The smallest absolute Gasteiger partial charge is 0.191 e. The lowest BCUT2D eigenvalue weighted by Gasteiger charge is -2.39. The van der Waals surface area contributed by atoms with Gasteiger partial charge in [0, 0.05) is 36.7 Å². The van der Waals surface area contributed by atoms with Crippen molar-refractivity contribution in [3.05, 3.63) is 115 Å². The van der Waals surface area contributed by atoms with Crippen molar-refractivity contribution in [1.82, 2.24) is 4.98 Å². The molecule has 0 radical (unpaired) electrons. The molecule has 1 atom stereocenters. The summed E-state index contributed by atoms with van der Waals surface area (Å²) >= 11 is 4.35. The summed E-state index contributed by atoms with van der Waals surface area (Å²) < 4.78 is 0.789. The SMILES string of the molecule is CCN1c2cc(-c3nc4ccccc4s3)ccc2N(c2ccccc2)C1(I)C=CN(C)c1ccccc1. The maximum absolute atomic E-state index is 4.93. The standard InChI is InChI=1S/C31H27IN4S/c1-3-35-28-22-23(30-33-26-16-10-11-17-29(26)37-30)18-19-27(28)36(25-14-8-5-9-15-25)31(35,32)20-21-34(2)24-12-6-4-7-13-24/h4-22H,3H2,1-2H3. The predicted octanol–water partition coefficient (Wildman–Crippen LogP) is 8.68. The summed E-state index contributed by atoms with van der Waals surface area (Å²) in [5, 5.41) is 1.05. The number of hydrogen-bond donors (Lipinski definition) is 0. The molecule has 1 unspecified atom stereocenters. The van der Waals surface area contributed by atoms with Crippen molar-refractivity contribution < 1.29 is 0 Å². The van der Waals surface area contributed by atoms with Crippen molar-refractivity contribution in [3.63, 3.8) is 0 Å². The molecule has 2 heterocycles. The van der Waals surface area contributed by atoms with E-state index < -0.39 is 3.67 Å². The number of benzene rings is 4. The average Bonchev–Trinajstić information content (AvgIpc) is 3.48. The Balaban J connectivity index is 1.46. The number of thiazole rings is 1. The molecule has 0 amide bonds. The van der Waals surface area contributed by atoms with E-state index in [1.165, 1.54) is 16.1 Å². The van der Waals surface area contributed by atoms with E-state index in [0.717, 1.165) is 34.0 Å². The van der Waals surface area contributed by atoms with Crippen LogP contribution in [-0.4, -0.2) is 22.2 Å². The molecule has 6 heteroatoms. The van der Waals surface area contributed by atoms with Crippen molar-refractivity contribution in [2.75, 3.05) is 28.3 Å². The summed E-state index contributed by atoms with van der Waals surface area (Å²) in [5.41, 5.74) is 6.92. The molecule has 1 aromatic heterocycles. The van der Waals surface area contributed by atoms with Crippen LogP contribution < -0.4 is 14.7 Å². The summed E-state index contributed by atoms with van der Waals surface area (Å²) in [6, 6.07) is 36.2. The highest BCUT2D eigenvalue weighted by Gasteiger charge is 2.46. The number of para-hydroxylation sites is 3. The maximum atomic E-state index is 4.93. The molecule has 4 nitrogen and oxygen atoms in total. The molecule has 0 N–H and O–H groups in total. The highest BCUT2D eigenvalue weighted by Crippen LogP contribution is 2.54. The summed E-state index contributed by atoms with van der Waals surface area (Å²) in [7, 11) is 2.10. The fourth-order valence-corrected chi connectivity index (χ4v) is 7.19. The summed E-state index contributed by atoms with van der Waals surface area (Å²) in [5.74, 6) is 0. The quantitative estimate of drug-likeness (QED) is 0.108. The number of nitrogens with zero attached hydrogens (tertiary/aromatic N) is 4. The lowest BCUT2D eigenvalue weighted by molar-refractivity contribution is 0.722. The van der Waals surface area contributed by atoms with Gasteiger partial charge in [-0.15, -0.1) is 11.3 Å². The van der Waals surface area contributed by atoms with Gasteiger partial charge < -0.3 is 14.7 Å². The molecule has 5 aromatic rings. The zero-order valence-corrected chi connectivity index (χ0v) is 23.7. The maximum Gasteiger partial charge on any atom is 0.191 e. The first-order valence-electron chi connectivity index (χ1n) is 12.4. The highest BCUT2D eigenvalue weighted by atomic mass is 127. The fraction of sp³-hybridized carbons (Fsp3) is 0.129. The number of fused-ring (bicyclic) bond motifs is 2. The molecule has 0 bridgehead atoms. The summed E-state index contributed by atoms with van der Waals surface area (Å²) in [4.78, 5) is 12.0. The van der Waals surface area contributed by atoms with Crippen LogP contribution >= 0.6 is 33.9 Å². The first kappa shape index (κ1) is 24.0. The Morgan fingerprint density at radius 3 is 2.32 bits per heavy atom. The number of halogens is 1. The molecule has 0 spiro atoms. The molecule has 0 aliphatic carbocycles. The van der Waals surface area contributed by atoms with Gasteiger partial charge in [0.2, 0.25) is 0 Å². The van der Waals surface area contributed by atoms with Crippen molar-refractivity contribution in [1.29, 1.82) is 0 Å². The minimum atomic E-state index is -0.425. The first-order chi connectivity index (χ1) is 18.1. The Hall–Kier alpha value is -3.36. The molecule has 0 saturated heterocycles. The zero-order valence-electron chi connectivity index (χ0n) is 20.8. The van der Waals surface area contributed by atoms with Crippen molar-refractivity contribution in [3.8, 4) is 10.6 Å². The van der Waals surface area contributed by atoms with Gasteiger partial charge >= 0.3 is 0 Å². The van der Waals surface area contributed by atoms with Gasteiger partial charge in [-0.3, -0.25) is 0 Å². The van der Waals surface area contributed by atoms with Gasteiger partial charge in [0.15, 0.2) is 3.67 Å². The third-order valence-corrected chi connectivity index (χ3v) is 9.25. The van der Waals surface area contributed by atoms with E-state index in [1.807, 2.05) is 12.1 Å². The minimum absolute atomic E-state index is 0.425. The second kappa shape index (κ2) is 9.84. The Labute approximate surface area is 235 Å². The van der Waals surface area contributed by atoms with E-state index in [1.54, 1.807) is 11.3 Å². The second-order valence-electron chi connectivity index (χ2n) is 9.00. The fourth-order valence-electron chi connectivity index (χ4n) is 4.93. The minimum Gasteiger partial charge on any atom is -0.351 e. The molecule has 184 valence electrons. The van der Waals surface area contributed by atoms with Crippen molar-refractivity contribution in [2.45, 2.75) is 10.6 Å². The molecular weight excluding hydrogens is 587 g/mol. The lowest BCUT2D eigenvalue weighted by atomic mass is 10.1. The highest BCUT2D eigenvalue weighted by molar-refractivity contribution is 14.1. The monoisotopic (exact) mass is 614 g/mol. The molecule has 6 rings (SSSR count). The number of likely N-dealkylation sites (N-methyl/N-ethyl adjacent to an activating group) is 1. The van der Waals surface area contributed by atoms with Gasteiger partial charge in [-0.25, -0.2) is 4.98 Å². The van der Waals surface area contributed by atoms with Crippen LogP contribution in [0, 0.1) is 0 Å². The molecule has 1 aliphatic heterocycles. The number of anilines is 4. The van der Waals surface area contributed by atoms with Crippen LogP contribution in [-0.2, 0) is 0 Å². The van der Waals surface area contributed by atoms with Crippen molar-refractivity contribution in [2.24, 2.45) is 0 Å². The molecular formula is C31H27IN4S. The van der Waals surface area contributed by atoms with Crippen LogP contribution in [0.25, 0.3) is 20.8 Å². The molecule has 1 aliphatic rings. The molecule has 4 aromatic carbocycles. The van der Waals surface area contributed by atoms with E-state index in [2.05, 4.69) is 155 Å². The Bertz CT molecular complexity index is 1530.